The maximum absolute atomic E-state index is 13.0. The third-order valence-electron chi connectivity index (χ3n) is 5.09. The molecule has 0 radical (unpaired) electrons. The van der Waals surface area contributed by atoms with Crippen molar-refractivity contribution in [1.82, 2.24) is 4.98 Å². The fourth-order valence-electron chi connectivity index (χ4n) is 3.49. The third kappa shape index (κ3) is 3.24. The number of rotatable bonds is 6. The Labute approximate surface area is 153 Å². The second kappa shape index (κ2) is 6.96. The number of benzene rings is 1. The van der Waals surface area contributed by atoms with Crippen LogP contribution in [-0.4, -0.2) is 36.4 Å². The van der Waals surface area contributed by atoms with E-state index in [1.165, 1.54) is 6.92 Å². The molecule has 1 unspecified atom stereocenters. The Morgan fingerprint density at radius 3 is 2.58 bits per heavy atom. The van der Waals surface area contributed by atoms with Gasteiger partial charge in [0, 0.05) is 16.8 Å². The van der Waals surface area contributed by atoms with Crippen LogP contribution in [0.4, 0.5) is 0 Å². The maximum atomic E-state index is 13.0. The van der Waals surface area contributed by atoms with Crippen molar-refractivity contribution in [1.29, 1.82) is 0 Å². The Morgan fingerprint density at radius 1 is 1.23 bits per heavy atom. The number of fused-ring (bicyclic) bond motifs is 1. The van der Waals surface area contributed by atoms with Crippen molar-refractivity contribution in [3.8, 4) is 11.5 Å². The molecule has 1 aliphatic heterocycles. The van der Waals surface area contributed by atoms with E-state index in [1.807, 2.05) is 46.0 Å². The van der Waals surface area contributed by atoms with E-state index in [4.69, 9.17) is 9.47 Å². The van der Waals surface area contributed by atoms with Crippen LogP contribution >= 0.6 is 0 Å². The normalized spacial score (nSPS) is 15.0. The van der Waals surface area contributed by atoms with Gasteiger partial charge in [0.25, 0.3) is 0 Å². The van der Waals surface area contributed by atoms with E-state index in [-0.39, 0.29) is 24.4 Å². The number of carbonyl (C=O) groups excluding carboxylic acids is 2. The lowest BCUT2D eigenvalue weighted by molar-refractivity contribution is -0.907. The quantitative estimate of drug-likeness (QED) is 0.774. The number of carbonyl (C=O) groups is 2. The summed E-state index contributed by atoms with van der Waals surface area (Å²) < 4.78 is 10.7. The van der Waals surface area contributed by atoms with Crippen LogP contribution in [0.25, 0.3) is 0 Å². The van der Waals surface area contributed by atoms with Crippen LogP contribution in [-0.2, 0) is 6.54 Å². The molecule has 0 spiro atoms. The monoisotopic (exact) mass is 357 g/mol. The molecular formula is C20H25N2O4+. The second-order valence-electron chi connectivity index (χ2n) is 6.98. The molecule has 2 N–H and O–H groups in total. The van der Waals surface area contributed by atoms with Gasteiger partial charge in [0.05, 0.1) is 12.7 Å². The maximum Gasteiger partial charge on any atom is 0.235 e. The van der Waals surface area contributed by atoms with Crippen LogP contribution in [0.15, 0.2) is 18.2 Å². The van der Waals surface area contributed by atoms with Crippen molar-refractivity contribution in [3.63, 3.8) is 0 Å². The van der Waals surface area contributed by atoms with Crippen LogP contribution in [0.2, 0.25) is 0 Å². The lowest BCUT2D eigenvalue weighted by atomic mass is 10.0. The van der Waals surface area contributed by atoms with Gasteiger partial charge in [-0.15, -0.1) is 0 Å². The zero-order chi connectivity index (χ0) is 19.0. The SMILES string of the molecule is CC(=O)c1c(C)[nH]c(C(=O)[C@@H](C)[NH+](C)Cc2ccc3c(c2)OCO3)c1C. The molecule has 0 saturated heterocycles. The summed E-state index contributed by atoms with van der Waals surface area (Å²) in [5.41, 5.74) is 3.72. The minimum absolute atomic E-state index is 0.0105. The molecule has 6 heteroatoms. The Morgan fingerprint density at radius 2 is 1.92 bits per heavy atom. The Kier molecular flexibility index (Phi) is 4.87. The predicted molar refractivity (Wildman–Crippen MR) is 97.2 cm³/mol. The highest BCUT2D eigenvalue weighted by Gasteiger charge is 2.28. The number of aromatic nitrogens is 1. The third-order valence-corrected chi connectivity index (χ3v) is 5.09. The van der Waals surface area contributed by atoms with Crippen LogP contribution in [0.5, 0.6) is 11.5 Å². The number of aryl methyl sites for hydroxylation is 1. The number of H-pyrrole nitrogens is 1. The topological polar surface area (TPSA) is 72.8 Å². The zero-order valence-corrected chi connectivity index (χ0v) is 15.9. The molecule has 0 bridgehead atoms. The number of nitrogens with one attached hydrogen (secondary N) is 2. The van der Waals surface area contributed by atoms with Crippen LogP contribution in [0.3, 0.4) is 0 Å². The van der Waals surface area contributed by atoms with E-state index in [0.29, 0.717) is 17.8 Å². The molecule has 0 amide bonds. The number of ketones is 2. The minimum atomic E-state index is -0.253. The Balaban J connectivity index is 1.76. The molecule has 138 valence electrons. The van der Waals surface area contributed by atoms with E-state index in [9.17, 15) is 9.59 Å². The fraction of sp³-hybridized carbons (Fsp3) is 0.400. The molecule has 1 aromatic heterocycles. The van der Waals surface area contributed by atoms with E-state index in [0.717, 1.165) is 33.2 Å². The lowest BCUT2D eigenvalue weighted by Gasteiger charge is -2.21. The molecule has 1 aromatic carbocycles. The molecule has 6 nitrogen and oxygen atoms in total. The molecule has 2 atom stereocenters. The summed E-state index contributed by atoms with van der Waals surface area (Å²) in [5.74, 6) is 1.49. The summed E-state index contributed by atoms with van der Waals surface area (Å²) >= 11 is 0. The summed E-state index contributed by atoms with van der Waals surface area (Å²) in [6.07, 6.45) is 0. The van der Waals surface area contributed by atoms with E-state index in [1.54, 1.807) is 0 Å². The summed E-state index contributed by atoms with van der Waals surface area (Å²) in [6.45, 7) is 8.02. The van der Waals surface area contributed by atoms with Crippen molar-refractivity contribution in [3.05, 3.63) is 46.3 Å². The van der Waals surface area contributed by atoms with E-state index < -0.39 is 0 Å². The smallest absolute Gasteiger partial charge is 0.235 e. The number of likely N-dealkylation sites (N-methyl/N-ethyl adjacent to an activating group) is 1. The lowest BCUT2D eigenvalue weighted by Crippen LogP contribution is -3.12. The first-order valence-electron chi connectivity index (χ1n) is 8.74. The van der Waals surface area contributed by atoms with Gasteiger partial charge in [-0.2, -0.15) is 0 Å². The van der Waals surface area contributed by atoms with Gasteiger partial charge < -0.3 is 19.4 Å². The van der Waals surface area contributed by atoms with Gasteiger partial charge in [0.1, 0.15) is 6.54 Å². The Hall–Kier alpha value is -2.60. The highest BCUT2D eigenvalue weighted by Crippen LogP contribution is 2.32. The summed E-state index contributed by atoms with van der Waals surface area (Å²) in [4.78, 5) is 28.9. The van der Waals surface area contributed by atoms with Crippen molar-refractivity contribution < 1.29 is 24.0 Å². The molecular weight excluding hydrogens is 332 g/mol. The van der Waals surface area contributed by atoms with Gasteiger partial charge in [0.2, 0.25) is 12.6 Å². The van der Waals surface area contributed by atoms with Crippen molar-refractivity contribution in [2.45, 2.75) is 40.3 Å². The number of aromatic amines is 1. The largest absolute Gasteiger partial charge is 0.454 e. The first-order valence-corrected chi connectivity index (χ1v) is 8.74. The van der Waals surface area contributed by atoms with Gasteiger partial charge in [-0.25, -0.2) is 0 Å². The first-order chi connectivity index (χ1) is 12.3. The van der Waals surface area contributed by atoms with Gasteiger partial charge in [0.15, 0.2) is 23.3 Å². The fourth-order valence-corrected chi connectivity index (χ4v) is 3.49. The number of ether oxygens (including phenoxy) is 2. The number of quaternary nitrogens is 1. The van der Waals surface area contributed by atoms with E-state index >= 15 is 0 Å². The summed E-state index contributed by atoms with van der Waals surface area (Å²) in [7, 11) is 1.99. The summed E-state index contributed by atoms with van der Waals surface area (Å²) in [5, 5.41) is 0. The standard InChI is InChI=1S/C20H24N2O4/c1-11-18(14(4)23)12(2)21-19(11)20(24)13(3)22(5)9-15-6-7-16-17(8-15)26-10-25-16/h6-8,13,21H,9-10H2,1-5H3/p+1/t13-/m1/s1. The Bertz CT molecular complexity index is 869. The molecule has 2 heterocycles. The molecule has 3 rings (SSSR count). The average Bonchev–Trinajstić information content (AvgIpc) is 3.16. The highest BCUT2D eigenvalue weighted by molar-refractivity contribution is 6.04. The van der Waals surface area contributed by atoms with Crippen molar-refractivity contribution in [2.75, 3.05) is 13.8 Å². The minimum Gasteiger partial charge on any atom is -0.454 e. The number of hydrogen-bond donors (Lipinski definition) is 2. The molecule has 2 aromatic rings. The zero-order valence-electron chi connectivity index (χ0n) is 15.9. The van der Waals surface area contributed by atoms with Crippen LogP contribution < -0.4 is 14.4 Å². The molecule has 0 saturated carbocycles. The molecule has 0 fully saturated rings. The highest BCUT2D eigenvalue weighted by atomic mass is 16.7. The molecule has 26 heavy (non-hydrogen) atoms. The van der Waals surface area contributed by atoms with Crippen molar-refractivity contribution in [2.24, 2.45) is 0 Å². The van der Waals surface area contributed by atoms with Gasteiger partial charge >= 0.3 is 0 Å². The van der Waals surface area contributed by atoms with Gasteiger partial charge in [-0.1, -0.05) is 0 Å². The second-order valence-corrected chi connectivity index (χ2v) is 6.98. The van der Waals surface area contributed by atoms with Gasteiger partial charge in [-0.05, 0) is 51.5 Å². The summed E-state index contributed by atoms with van der Waals surface area (Å²) in [6, 6.07) is 5.60. The number of hydrogen-bond acceptors (Lipinski definition) is 4. The first kappa shape index (κ1) is 18.2. The average molecular weight is 357 g/mol. The van der Waals surface area contributed by atoms with Crippen LogP contribution in [0, 0.1) is 13.8 Å². The van der Waals surface area contributed by atoms with E-state index in [2.05, 4.69) is 4.98 Å². The molecule has 0 aliphatic carbocycles. The number of Topliss-reactive ketones (excluding diaryl/α,β-unsaturated/α-hetero) is 2. The van der Waals surface area contributed by atoms with Gasteiger partial charge in [-0.3, -0.25) is 9.59 Å². The predicted octanol–water partition coefficient (Wildman–Crippen LogP) is 1.85. The molecule has 1 aliphatic rings. The van der Waals surface area contributed by atoms with Crippen molar-refractivity contribution >= 4 is 11.6 Å². The van der Waals surface area contributed by atoms with Crippen LogP contribution in [0.1, 0.15) is 51.5 Å².